The highest BCUT2D eigenvalue weighted by Gasteiger charge is 2.16. The van der Waals surface area contributed by atoms with Gasteiger partial charge in [0.15, 0.2) is 11.6 Å². The monoisotopic (exact) mass is 298 g/mol. The van der Waals surface area contributed by atoms with Crippen LogP contribution < -0.4 is 5.73 Å². The number of nitrogens with two attached hydrogens (primary N) is 1. The maximum absolute atomic E-state index is 6.02. The first-order chi connectivity index (χ1) is 10.2. The molecule has 106 valence electrons. The van der Waals surface area contributed by atoms with E-state index in [0.29, 0.717) is 17.4 Å². The van der Waals surface area contributed by atoms with Gasteiger partial charge in [-0.1, -0.05) is 30.3 Å². The Bertz CT molecular complexity index is 779. The molecule has 0 radical (unpaired) electrons. The number of nitrogens with zero attached hydrogens (tertiary/aromatic N) is 3. The molecule has 3 aromatic rings. The van der Waals surface area contributed by atoms with Crippen LogP contribution in [0.4, 0.5) is 5.69 Å². The van der Waals surface area contributed by atoms with Gasteiger partial charge in [-0.15, -0.1) is 21.8 Å². The minimum absolute atomic E-state index is 0.295. The van der Waals surface area contributed by atoms with Crippen molar-refractivity contribution in [2.45, 2.75) is 12.8 Å². The van der Waals surface area contributed by atoms with E-state index in [-0.39, 0.29) is 0 Å². The molecule has 5 heteroatoms. The Morgan fingerprint density at radius 3 is 2.62 bits per heavy atom. The van der Waals surface area contributed by atoms with E-state index < -0.39 is 0 Å². The SMILES string of the molecule is Cc1ccccc1-n1c(CCl)nnc1-c1cccc(N)c1. The largest absolute Gasteiger partial charge is 0.399 e. The highest BCUT2D eigenvalue weighted by Crippen LogP contribution is 2.26. The van der Waals surface area contributed by atoms with Crippen LogP contribution in [-0.2, 0) is 5.88 Å². The molecular weight excluding hydrogens is 284 g/mol. The molecular formula is C16H15ClN4. The van der Waals surface area contributed by atoms with Crippen LogP contribution in [0.2, 0.25) is 0 Å². The number of aryl methyl sites for hydroxylation is 1. The second-order valence-electron chi connectivity index (χ2n) is 4.82. The third-order valence-corrected chi connectivity index (χ3v) is 3.59. The molecule has 0 aliphatic heterocycles. The molecule has 4 nitrogen and oxygen atoms in total. The third-order valence-electron chi connectivity index (χ3n) is 3.35. The number of alkyl halides is 1. The number of nitrogen functional groups attached to an aromatic ring is 1. The van der Waals surface area contributed by atoms with Crippen LogP contribution in [0.15, 0.2) is 48.5 Å². The molecule has 0 fully saturated rings. The normalized spacial score (nSPS) is 10.8. The number of hydrogen-bond acceptors (Lipinski definition) is 3. The summed E-state index contributed by atoms with van der Waals surface area (Å²) in [5.41, 5.74) is 9.64. The van der Waals surface area contributed by atoms with Gasteiger partial charge < -0.3 is 5.73 Å². The van der Waals surface area contributed by atoms with Crippen molar-refractivity contribution in [3.63, 3.8) is 0 Å². The quantitative estimate of drug-likeness (QED) is 0.594. The summed E-state index contributed by atoms with van der Waals surface area (Å²) in [7, 11) is 0. The van der Waals surface area contributed by atoms with Crippen LogP contribution in [0.1, 0.15) is 11.4 Å². The summed E-state index contributed by atoms with van der Waals surface area (Å²) in [4.78, 5) is 0. The molecule has 0 aliphatic rings. The molecule has 1 heterocycles. The van der Waals surface area contributed by atoms with Crippen molar-refractivity contribution in [1.82, 2.24) is 14.8 Å². The highest BCUT2D eigenvalue weighted by molar-refractivity contribution is 6.16. The average Bonchev–Trinajstić information content (AvgIpc) is 2.91. The lowest BCUT2D eigenvalue weighted by Gasteiger charge is -2.12. The molecule has 0 unspecified atom stereocenters. The Hall–Kier alpha value is -2.33. The van der Waals surface area contributed by atoms with Crippen molar-refractivity contribution in [2.24, 2.45) is 0 Å². The van der Waals surface area contributed by atoms with Crippen LogP contribution >= 0.6 is 11.6 Å². The zero-order chi connectivity index (χ0) is 14.8. The van der Waals surface area contributed by atoms with Crippen molar-refractivity contribution in [3.05, 3.63) is 59.9 Å². The van der Waals surface area contributed by atoms with Gasteiger partial charge in [-0.2, -0.15) is 0 Å². The second-order valence-corrected chi connectivity index (χ2v) is 5.09. The van der Waals surface area contributed by atoms with E-state index in [2.05, 4.69) is 23.2 Å². The number of rotatable bonds is 3. The van der Waals surface area contributed by atoms with Crippen molar-refractivity contribution in [1.29, 1.82) is 0 Å². The minimum Gasteiger partial charge on any atom is -0.399 e. The molecule has 3 rings (SSSR count). The molecule has 0 bridgehead atoms. The molecule has 0 amide bonds. The smallest absolute Gasteiger partial charge is 0.168 e. The van der Waals surface area contributed by atoms with Crippen molar-refractivity contribution in [3.8, 4) is 17.1 Å². The van der Waals surface area contributed by atoms with E-state index in [4.69, 9.17) is 17.3 Å². The first-order valence-corrected chi connectivity index (χ1v) is 7.16. The van der Waals surface area contributed by atoms with Crippen LogP contribution in [0, 0.1) is 6.92 Å². The van der Waals surface area contributed by atoms with Crippen LogP contribution in [0.5, 0.6) is 0 Å². The van der Waals surface area contributed by atoms with Gasteiger partial charge in [0.2, 0.25) is 0 Å². The number of halogens is 1. The molecule has 1 aromatic heterocycles. The van der Waals surface area contributed by atoms with Gasteiger partial charge >= 0.3 is 0 Å². The predicted octanol–water partition coefficient (Wildman–Crippen LogP) is 3.56. The van der Waals surface area contributed by atoms with Gasteiger partial charge in [0, 0.05) is 11.3 Å². The fraction of sp³-hybridized carbons (Fsp3) is 0.125. The van der Waals surface area contributed by atoms with Gasteiger partial charge in [0.25, 0.3) is 0 Å². The number of hydrogen-bond donors (Lipinski definition) is 1. The molecule has 2 N–H and O–H groups in total. The molecule has 0 atom stereocenters. The number of aromatic nitrogens is 3. The topological polar surface area (TPSA) is 56.7 Å². The summed E-state index contributed by atoms with van der Waals surface area (Å²) in [6.07, 6.45) is 0. The van der Waals surface area contributed by atoms with E-state index in [1.807, 2.05) is 47.0 Å². The van der Waals surface area contributed by atoms with Crippen LogP contribution in [-0.4, -0.2) is 14.8 Å². The first-order valence-electron chi connectivity index (χ1n) is 6.63. The summed E-state index contributed by atoms with van der Waals surface area (Å²) in [6, 6.07) is 15.7. The van der Waals surface area contributed by atoms with Crippen LogP contribution in [0.3, 0.4) is 0 Å². The molecule has 0 aliphatic carbocycles. The Morgan fingerprint density at radius 2 is 1.90 bits per heavy atom. The molecule has 21 heavy (non-hydrogen) atoms. The third kappa shape index (κ3) is 2.50. The van der Waals surface area contributed by atoms with Gasteiger partial charge in [-0.3, -0.25) is 4.57 Å². The van der Waals surface area contributed by atoms with Gasteiger partial charge in [-0.05, 0) is 30.7 Å². The lowest BCUT2D eigenvalue weighted by atomic mass is 10.1. The maximum Gasteiger partial charge on any atom is 0.168 e. The molecule has 0 saturated heterocycles. The van der Waals surface area contributed by atoms with Gasteiger partial charge in [0.1, 0.15) is 0 Å². The van der Waals surface area contributed by atoms with E-state index in [0.717, 1.165) is 22.6 Å². The van der Waals surface area contributed by atoms with E-state index in [1.54, 1.807) is 0 Å². The summed E-state index contributed by atoms with van der Waals surface area (Å²) in [6.45, 7) is 2.05. The van der Waals surface area contributed by atoms with Crippen LogP contribution in [0.25, 0.3) is 17.1 Å². The number of para-hydroxylation sites is 1. The molecule has 0 saturated carbocycles. The zero-order valence-corrected chi connectivity index (χ0v) is 12.4. The minimum atomic E-state index is 0.295. The lowest BCUT2D eigenvalue weighted by molar-refractivity contribution is 0.946. The summed E-state index contributed by atoms with van der Waals surface area (Å²) < 4.78 is 1.98. The lowest BCUT2D eigenvalue weighted by Crippen LogP contribution is -2.03. The second kappa shape index (κ2) is 5.58. The summed E-state index contributed by atoms with van der Waals surface area (Å²) in [5.74, 6) is 1.75. The van der Waals surface area contributed by atoms with Crippen molar-refractivity contribution < 1.29 is 0 Å². The number of benzene rings is 2. The Kier molecular flexibility index (Phi) is 3.62. The zero-order valence-electron chi connectivity index (χ0n) is 11.6. The van der Waals surface area contributed by atoms with Gasteiger partial charge in [0.05, 0.1) is 11.6 Å². The number of anilines is 1. The van der Waals surface area contributed by atoms with Gasteiger partial charge in [-0.25, -0.2) is 0 Å². The Labute approximate surface area is 128 Å². The van der Waals surface area contributed by atoms with E-state index in [1.165, 1.54) is 0 Å². The highest BCUT2D eigenvalue weighted by atomic mass is 35.5. The molecule has 2 aromatic carbocycles. The Morgan fingerprint density at radius 1 is 1.10 bits per heavy atom. The first kappa shape index (κ1) is 13.6. The summed E-state index contributed by atoms with van der Waals surface area (Å²) >= 11 is 6.02. The Balaban J connectivity index is 2.24. The predicted molar refractivity (Wildman–Crippen MR) is 85.5 cm³/mol. The maximum atomic E-state index is 6.02. The van der Waals surface area contributed by atoms with E-state index in [9.17, 15) is 0 Å². The van der Waals surface area contributed by atoms with Crippen molar-refractivity contribution in [2.75, 3.05) is 5.73 Å². The summed E-state index contributed by atoms with van der Waals surface area (Å²) in [5, 5.41) is 8.49. The van der Waals surface area contributed by atoms with Crippen molar-refractivity contribution >= 4 is 17.3 Å². The van der Waals surface area contributed by atoms with E-state index >= 15 is 0 Å². The average molecular weight is 299 g/mol. The molecule has 0 spiro atoms. The fourth-order valence-corrected chi connectivity index (χ4v) is 2.51. The standard InChI is InChI=1S/C16H15ClN4/c1-11-5-2-3-8-14(11)21-15(10-17)19-20-16(21)12-6-4-7-13(18)9-12/h2-9H,10,18H2,1H3. The fourth-order valence-electron chi connectivity index (χ4n) is 2.34.